The van der Waals surface area contributed by atoms with Crippen LogP contribution in [-0.2, 0) is 19.8 Å². The predicted octanol–water partition coefficient (Wildman–Crippen LogP) is -0.538. The van der Waals surface area contributed by atoms with Gasteiger partial charge in [0, 0.05) is 6.54 Å². The zero-order chi connectivity index (χ0) is 15.4. The molecule has 110 valence electrons. The first-order chi connectivity index (χ1) is 9.89. The van der Waals surface area contributed by atoms with E-state index in [4.69, 9.17) is 11.5 Å². The van der Waals surface area contributed by atoms with Crippen LogP contribution < -0.4 is 16.8 Å². The Morgan fingerprint density at radius 1 is 1.24 bits per heavy atom. The molecule has 3 aliphatic rings. The molecule has 0 aromatic heterocycles. The van der Waals surface area contributed by atoms with Crippen LogP contribution in [0.1, 0.15) is 29.5 Å². The molecule has 1 aromatic rings. The number of primary amides is 2. The zero-order valence-electron chi connectivity index (χ0n) is 11.7. The van der Waals surface area contributed by atoms with E-state index in [1.807, 2.05) is 19.1 Å². The Balaban J connectivity index is 2.36. The number of rotatable bonds is 2. The van der Waals surface area contributed by atoms with Crippen LogP contribution >= 0.6 is 0 Å². The van der Waals surface area contributed by atoms with Crippen molar-refractivity contribution in [2.45, 2.75) is 25.2 Å². The molecule has 21 heavy (non-hydrogen) atoms. The number of carbonyl (C=O) groups excluding carboxylic acids is 3. The lowest BCUT2D eigenvalue weighted by Gasteiger charge is -2.50. The second kappa shape index (κ2) is 4.07. The lowest BCUT2D eigenvalue weighted by atomic mass is 9.48. The highest BCUT2D eigenvalue weighted by Gasteiger charge is 2.69. The highest BCUT2D eigenvalue weighted by atomic mass is 16.2. The molecule has 1 atom stereocenters. The van der Waals surface area contributed by atoms with Crippen molar-refractivity contribution in [3.8, 4) is 0 Å². The van der Waals surface area contributed by atoms with Crippen LogP contribution in [-0.4, -0.2) is 24.3 Å². The molecule has 1 spiro atoms. The number of hydrogen-bond acceptors (Lipinski definition) is 3. The highest BCUT2D eigenvalue weighted by Crippen LogP contribution is 2.57. The van der Waals surface area contributed by atoms with Crippen LogP contribution in [0.15, 0.2) is 18.2 Å². The van der Waals surface area contributed by atoms with Gasteiger partial charge in [-0.15, -0.1) is 0 Å². The number of nitrogens with two attached hydrogens (primary N) is 2. The number of nitrogens with one attached hydrogen (secondary N) is 1. The van der Waals surface area contributed by atoms with E-state index in [1.165, 1.54) is 0 Å². The first-order valence-corrected chi connectivity index (χ1v) is 6.88. The molecule has 5 N–H and O–H groups in total. The Labute approximate surface area is 121 Å². The molecule has 1 aliphatic heterocycles. The first-order valence-electron chi connectivity index (χ1n) is 6.88. The van der Waals surface area contributed by atoms with Gasteiger partial charge in [0.25, 0.3) is 0 Å². The molecule has 2 aliphatic carbocycles. The zero-order valence-corrected chi connectivity index (χ0v) is 11.7. The van der Waals surface area contributed by atoms with Crippen molar-refractivity contribution in [1.82, 2.24) is 5.32 Å². The molecule has 4 rings (SSSR count). The predicted molar refractivity (Wildman–Crippen MR) is 75.0 cm³/mol. The molecular weight excluding hydrogens is 270 g/mol. The lowest BCUT2D eigenvalue weighted by Crippen LogP contribution is -2.67. The minimum absolute atomic E-state index is 0.165. The summed E-state index contributed by atoms with van der Waals surface area (Å²) in [7, 11) is 0. The number of carbonyl (C=O) groups is 3. The third-order valence-electron chi connectivity index (χ3n) is 4.91. The van der Waals surface area contributed by atoms with E-state index >= 15 is 0 Å². The van der Waals surface area contributed by atoms with Crippen molar-refractivity contribution in [1.29, 1.82) is 0 Å². The Morgan fingerprint density at radius 3 is 2.43 bits per heavy atom. The summed E-state index contributed by atoms with van der Waals surface area (Å²) >= 11 is 0. The summed E-state index contributed by atoms with van der Waals surface area (Å²) < 4.78 is 0. The van der Waals surface area contributed by atoms with E-state index in [0.717, 1.165) is 5.56 Å². The quantitative estimate of drug-likeness (QED) is 0.634. The van der Waals surface area contributed by atoms with Gasteiger partial charge in [-0.1, -0.05) is 18.2 Å². The van der Waals surface area contributed by atoms with E-state index in [1.54, 1.807) is 6.07 Å². The molecular formula is C15H17N3O3. The number of aryl methyl sites for hydroxylation is 1. The molecule has 2 bridgehead atoms. The van der Waals surface area contributed by atoms with Gasteiger partial charge in [-0.2, -0.15) is 0 Å². The topological polar surface area (TPSA) is 115 Å². The van der Waals surface area contributed by atoms with Gasteiger partial charge in [-0.25, -0.2) is 0 Å². The van der Waals surface area contributed by atoms with E-state index < -0.39 is 22.6 Å². The van der Waals surface area contributed by atoms with Crippen molar-refractivity contribution in [2.24, 2.45) is 16.9 Å². The summed E-state index contributed by atoms with van der Waals surface area (Å²) in [5.41, 5.74) is 10.2. The number of amides is 3. The van der Waals surface area contributed by atoms with Crippen molar-refractivity contribution in [2.75, 3.05) is 6.54 Å². The molecule has 6 heteroatoms. The monoisotopic (exact) mass is 287 g/mol. The van der Waals surface area contributed by atoms with Gasteiger partial charge in [0.1, 0.15) is 10.8 Å². The maximum absolute atomic E-state index is 12.8. The van der Waals surface area contributed by atoms with Crippen molar-refractivity contribution >= 4 is 17.7 Å². The largest absolute Gasteiger partial charge is 0.369 e. The van der Waals surface area contributed by atoms with Crippen molar-refractivity contribution < 1.29 is 14.4 Å². The fraction of sp³-hybridized carbons (Fsp3) is 0.400. The van der Waals surface area contributed by atoms with E-state index in [0.29, 0.717) is 24.1 Å². The van der Waals surface area contributed by atoms with Gasteiger partial charge in [0.15, 0.2) is 0 Å². The third kappa shape index (κ3) is 1.30. The fourth-order valence-corrected chi connectivity index (χ4v) is 3.87. The highest BCUT2D eigenvalue weighted by molar-refractivity contribution is 6.14. The molecule has 1 fully saturated rings. The second-order valence-corrected chi connectivity index (χ2v) is 5.77. The molecule has 1 saturated heterocycles. The fourth-order valence-electron chi connectivity index (χ4n) is 3.87. The van der Waals surface area contributed by atoms with Crippen molar-refractivity contribution in [3.05, 3.63) is 34.9 Å². The normalized spacial score (nSPS) is 25.7. The number of fused-ring (bicyclic) bond motifs is 2. The average Bonchev–Trinajstić information content (AvgIpc) is 2.56. The van der Waals surface area contributed by atoms with E-state index in [9.17, 15) is 14.4 Å². The van der Waals surface area contributed by atoms with Gasteiger partial charge in [-0.05, 0) is 36.5 Å². The van der Waals surface area contributed by atoms with E-state index in [2.05, 4.69) is 5.32 Å². The molecule has 0 saturated carbocycles. The lowest BCUT2D eigenvalue weighted by molar-refractivity contribution is -0.150. The number of benzene rings is 1. The Hall–Kier alpha value is -2.37. The van der Waals surface area contributed by atoms with Crippen LogP contribution in [0.3, 0.4) is 0 Å². The van der Waals surface area contributed by atoms with Crippen LogP contribution in [0.5, 0.6) is 0 Å². The third-order valence-corrected chi connectivity index (χ3v) is 4.91. The smallest absolute Gasteiger partial charge is 0.236 e. The van der Waals surface area contributed by atoms with Crippen LogP contribution in [0.2, 0.25) is 0 Å². The second-order valence-electron chi connectivity index (χ2n) is 5.77. The van der Waals surface area contributed by atoms with Gasteiger partial charge < -0.3 is 16.8 Å². The minimum Gasteiger partial charge on any atom is -0.369 e. The van der Waals surface area contributed by atoms with Crippen LogP contribution in [0, 0.1) is 12.3 Å². The first kappa shape index (κ1) is 13.6. The van der Waals surface area contributed by atoms with Crippen LogP contribution in [0.25, 0.3) is 0 Å². The molecule has 1 unspecified atom stereocenters. The summed E-state index contributed by atoms with van der Waals surface area (Å²) in [6, 6.07) is 5.44. The maximum atomic E-state index is 12.8. The number of hydrogen-bond donors (Lipinski definition) is 3. The Bertz CT molecular complexity index is 665. The van der Waals surface area contributed by atoms with Gasteiger partial charge in [0.05, 0.1) is 0 Å². The van der Waals surface area contributed by atoms with E-state index in [-0.39, 0.29) is 12.3 Å². The van der Waals surface area contributed by atoms with Gasteiger partial charge >= 0.3 is 0 Å². The summed E-state index contributed by atoms with van der Waals surface area (Å²) in [6.45, 7) is 2.23. The average molecular weight is 287 g/mol. The molecule has 1 heterocycles. The van der Waals surface area contributed by atoms with Crippen LogP contribution in [0.4, 0.5) is 0 Å². The van der Waals surface area contributed by atoms with Gasteiger partial charge in [-0.3, -0.25) is 14.4 Å². The summed E-state index contributed by atoms with van der Waals surface area (Å²) in [5, 5.41) is 2.79. The Kier molecular flexibility index (Phi) is 2.63. The summed E-state index contributed by atoms with van der Waals surface area (Å²) in [4.78, 5) is 37.2. The Morgan fingerprint density at radius 2 is 1.90 bits per heavy atom. The van der Waals surface area contributed by atoms with Gasteiger partial charge in [0.2, 0.25) is 17.7 Å². The summed E-state index contributed by atoms with van der Waals surface area (Å²) in [5.74, 6) is -2.04. The molecule has 0 radical (unpaired) electrons. The standard InChI is InChI=1S/C15H17N3O3/c1-8-3-4-9-7-10(8)15(9)13(21)18-6-2-5-14(15,11(16)19)12(17)20/h3-4,7H,2,5-6H2,1H3,(H2,16,19)(H2,17,20)(H,18,21). The molecule has 1 aromatic carbocycles. The minimum atomic E-state index is -1.71. The molecule has 3 amide bonds. The SMILES string of the molecule is Cc1ccc2cc1C21C(=O)NCCCC1(C(N)=O)C(N)=O. The summed E-state index contributed by atoms with van der Waals surface area (Å²) in [6.07, 6.45) is 0.640. The maximum Gasteiger partial charge on any atom is 0.236 e. The molecule has 6 nitrogen and oxygen atoms in total. The van der Waals surface area contributed by atoms with Crippen molar-refractivity contribution in [3.63, 3.8) is 0 Å².